The van der Waals surface area contributed by atoms with Crippen LogP contribution in [-0.2, 0) is 21.1 Å². The van der Waals surface area contributed by atoms with Crippen LogP contribution in [0.5, 0.6) is 0 Å². The summed E-state index contributed by atoms with van der Waals surface area (Å²) in [5.74, 6) is 1.41. The van der Waals surface area contributed by atoms with Gasteiger partial charge in [0.2, 0.25) is 6.71 Å². The maximum Gasteiger partial charge on any atom is 2.00 e. The molecule has 8 heteroatoms. The van der Waals surface area contributed by atoms with Crippen LogP contribution in [0.4, 0.5) is 34.1 Å². The Morgan fingerprint density at radius 1 is 0.565 bits per heavy atom. The third kappa shape index (κ3) is 5.54. The summed E-state index contributed by atoms with van der Waals surface area (Å²) in [5, 5.41) is 2.28. The van der Waals surface area contributed by atoms with Gasteiger partial charge in [-0.2, -0.15) is 11.5 Å². The number of nitrogens with zero attached hydrogens (tertiary/aromatic N) is 5. The van der Waals surface area contributed by atoms with Crippen molar-refractivity contribution in [2.24, 2.45) is 0 Å². The smallest absolute Gasteiger partial charge is 0.481 e. The molecule has 0 aliphatic carbocycles. The number of aromatic nitrogens is 3. The van der Waals surface area contributed by atoms with Crippen molar-refractivity contribution < 1.29 is 25.5 Å². The first-order valence-corrected chi connectivity index (χ1v) is 21.0. The topological polar surface area (TPSA) is 50.3 Å². The molecule has 0 saturated heterocycles. The molecule has 2 aliphatic heterocycles. The van der Waals surface area contributed by atoms with Gasteiger partial charge in [-0.05, 0) is 123 Å². The van der Waals surface area contributed by atoms with Crippen LogP contribution in [0, 0.1) is 53.7 Å². The summed E-state index contributed by atoms with van der Waals surface area (Å²) in [6, 6.07) is 53.6. The molecule has 0 saturated carbocycles. The van der Waals surface area contributed by atoms with Crippen LogP contribution in [0.2, 0.25) is 0 Å². The number of para-hydroxylation sites is 3. The molecule has 12 rings (SSSR count). The predicted octanol–water partition coefficient (Wildman–Crippen LogP) is 11.5. The Morgan fingerprint density at radius 2 is 1.19 bits per heavy atom. The molecular weight excluding hydrogens is 941 g/mol. The van der Waals surface area contributed by atoms with Gasteiger partial charge in [-0.25, -0.2) is 4.98 Å². The number of anilines is 6. The number of benzene rings is 7. The molecule has 0 amide bonds. The van der Waals surface area contributed by atoms with E-state index in [-0.39, 0.29) is 27.8 Å². The molecule has 0 spiro atoms. The second-order valence-electron chi connectivity index (χ2n) is 16.8. The second-order valence-corrected chi connectivity index (χ2v) is 16.8. The summed E-state index contributed by atoms with van der Waals surface area (Å²) in [5.41, 5.74) is 22.0. The molecule has 62 heavy (non-hydrogen) atoms. The summed E-state index contributed by atoms with van der Waals surface area (Å²) < 4.78 is 8.71. The van der Waals surface area contributed by atoms with Crippen molar-refractivity contribution in [3.63, 3.8) is 0 Å². The first-order chi connectivity index (χ1) is 29.7. The number of hydrogen-bond acceptors (Lipinski definition) is 5. The van der Waals surface area contributed by atoms with Gasteiger partial charge < -0.3 is 18.8 Å². The van der Waals surface area contributed by atoms with Gasteiger partial charge in [-0.1, -0.05) is 94.6 Å². The van der Waals surface area contributed by atoms with E-state index in [2.05, 4.69) is 165 Å². The van der Waals surface area contributed by atoms with Gasteiger partial charge >= 0.3 is 21.1 Å². The molecule has 10 aromatic rings. The zero-order valence-electron chi connectivity index (χ0n) is 35.2. The van der Waals surface area contributed by atoms with E-state index < -0.39 is 0 Å². The zero-order chi connectivity index (χ0) is 41.3. The Hall–Kier alpha value is -6.69. The first kappa shape index (κ1) is 38.3. The molecule has 5 heterocycles. The Labute approximate surface area is 375 Å². The number of hydrogen-bond donors (Lipinski definition) is 0. The van der Waals surface area contributed by atoms with Gasteiger partial charge in [0.1, 0.15) is 17.3 Å². The fraction of sp³-hybridized carbons (Fsp3) is 0.111. The fourth-order valence-corrected chi connectivity index (χ4v) is 10.6. The number of aryl methyl sites for hydroxylation is 6. The van der Waals surface area contributed by atoms with Crippen LogP contribution < -0.4 is 26.2 Å². The van der Waals surface area contributed by atoms with Crippen molar-refractivity contribution in [3.05, 3.63) is 179 Å². The molecule has 0 fully saturated rings. The number of rotatable bonds is 4. The van der Waals surface area contributed by atoms with Gasteiger partial charge in [-0.3, -0.25) is 4.98 Å². The minimum Gasteiger partial charge on any atom is -0.481 e. The van der Waals surface area contributed by atoms with Crippen LogP contribution in [0.3, 0.4) is 0 Å². The largest absolute Gasteiger partial charge is 2.00 e. The summed E-state index contributed by atoms with van der Waals surface area (Å²) in [7, 11) is 0. The Kier molecular flexibility index (Phi) is 8.75. The second kappa shape index (κ2) is 14.2. The quantitative estimate of drug-likeness (QED) is 0.130. The van der Waals surface area contributed by atoms with E-state index in [1.807, 2.05) is 36.5 Å². The van der Waals surface area contributed by atoms with E-state index in [0.29, 0.717) is 5.89 Å². The van der Waals surface area contributed by atoms with Crippen molar-refractivity contribution in [1.29, 1.82) is 0 Å². The predicted molar refractivity (Wildman–Crippen MR) is 252 cm³/mol. The van der Waals surface area contributed by atoms with Crippen LogP contribution in [-0.4, -0.2) is 21.2 Å². The van der Waals surface area contributed by atoms with Gasteiger partial charge in [0, 0.05) is 34.5 Å². The molecule has 2 aliphatic rings. The van der Waals surface area contributed by atoms with Gasteiger partial charge in [0.15, 0.2) is 0 Å². The Bertz CT molecular complexity index is 3400. The molecule has 7 aromatic carbocycles. The number of pyridine rings is 1. The summed E-state index contributed by atoms with van der Waals surface area (Å²) in [6.45, 7) is 13.1. The van der Waals surface area contributed by atoms with E-state index in [1.165, 1.54) is 50.2 Å². The number of fused-ring (bicyclic) bond motifs is 8. The normalized spacial score (nSPS) is 12.8. The van der Waals surface area contributed by atoms with Gasteiger partial charge in [0.05, 0.1) is 5.52 Å². The summed E-state index contributed by atoms with van der Waals surface area (Å²) >= 11 is 0. The van der Waals surface area contributed by atoms with Crippen LogP contribution in [0.1, 0.15) is 33.4 Å². The van der Waals surface area contributed by atoms with Crippen LogP contribution in [0.25, 0.3) is 50.2 Å². The third-order valence-electron chi connectivity index (χ3n) is 12.7. The van der Waals surface area contributed by atoms with Crippen LogP contribution >= 0.6 is 0 Å². The van der Waals surface area contributed by atoms with Crippen molar-refractivity contribution in [1.82, 2.24) is 14.5 Å². The van der Waals surface area contributed by atoms with Crippen molar-refractivity contribution in [2.45, 2.75) is 41.5 Å². The Balaban J connectivity index is 0.00000432. The minimum absolute atomic E-state index is 0. The zero-order valence-corrected chi connectivity index (χ0v) is 37.5. The summed E-state index contributed by atoms with van der Waals surface area (Å²) in [6.07, 6.45) is 1.87. The van der Waals surface area contributed by atoms with E-state index in [4.69, 9.17) is 14.4 Å². The summed E-state index contributed by atoms with van der Waals surface area (Å²) in [4.78, 5) is 14.9. The molecule has 6 nitrogen and oxygen atoms in total. The molecule has 0 atom stereocenters. The minimum atomic E-state index is -0.232. The van der Waals surface area contributed by atoms with E-state index in [0.717, 1.165) is 78.0 Å². The fourth-order valence-electron chi connectivity index (χ4n) is 10.6. The maximum absolute atomic E-state index is 6.44. The molecule has 0 bridgehead atoms. The molecular formula is C54H40BN5OPt. The molecule has 3 aromatic heterocycles. The molecule has 300 valence electrons. The average Bonchev–Trinajstić information content (AvgIpc) is 3.83. The SMILES string of the molecule is Cc1cc(C)c(N2c3ccc(-c4nc5ccccc5o4)[c-]c3B3c4[c-]c5c(cc4N(c4c(C)cc(C)cc4C)c4cccc2c43)c2ccccc2n5-c2ccccn2)c(C)c1.[Pt+2]. The monoisotopic (exact) mass is 980 g/mol. The third-order valence-corrected chi connectivity index (χ3v) is 12.7. The van der Waals surface area contributed by atoms with Crippen molar-refractivity contribution >= 4 is 90.1 Å². The van der Waals surface area contributed by atoms with Crippen molar-refractivity contribution in [2.75, 3.05) is 9.80 Å². The van der Waals surface area contributed by atoms with Gasteiger partial charge in [-0.15, -0.1) is 35.1 Å². The van der Waals surface area contributed by atoms with E-state index in [9.17, 15) is 0 Å². The van der Waals surface area contributed by atoms with Crippen molar-refractivity contribution in [3.8, 4) is 17.3 Å². The van der Waals surface area contributed by atoms with E-state index >= 15 is 0 Å². The molecule has 0 unspecified atom stereocenters. The van der Waals surface area contributed by atoms with E-state index in [1.54, 1.807) is 0 Å². The number of oxazole rings is 1. The maximum atomic E-state index is 6.44. The van der Waals surface area contributed by atoms with Crippen LogP contribution in [0.15, 0.2) is 138 Å². The molecule has 0 N–H and O–H groups in total. The average molecular weight is 981 g/mol. The first-order valence-electron chi connectivity index (χ1n) is 21.0. The Morgan fingerprint density at radius 3 is 1.87 bits per heavy atom. The van der Waals surface area contributed by atoms with Gasteiger partial charge in [0.25, 0.3) is 0 Å². The standard InChI is InChI=1S/C54H40BN5O.Pt/c1-31-24-33(3)52(34(4)25-31)59-44-22-21-37(54-57-42-15-8-10-19-49(42)61-54)28-40(44)55-41-30-47-39(38-14-7-9-16-43(38)58(47)50-20-11-12-23-56-50)29-48(41)60(46-18-13-17-45(59)51(46)55)53-35(5)26-32(2)27-36(53)6;/h7-27,29H,1-6H3;/q-2;+2. The molecule has 0 radical (unpaired) electrons.